The van der Waals surface area contributed by atoms with Crippen LogP contribution in [0.3, 0.4) is 0 Å². The summed E-state index contributed by atoms with van der Waals surface area (Å²) in [6, 6.07) is 5.45. The minimum absolute atomic E-state index is 0.232. The van der Waals surface area contributed by atoms with Crippen LogP contribution in [-0.4, -0.2) is 18.2 Å². The number of hydrogen-bond donors (Lipinski definition) is 2. The van der Waals surface area contributed by atoms with Crippen LogP contribution in [0.2, 0.25) is 0 Å². The standard InChI is InChI=1S/C6H7O6PS/c7-11-12-13-5-2-1-3-6(4-5)14(8,9)10/h1-4,7,13H,(H,8,9,10). The van der Waals surface area contributed by atoms with Gasteiger partial charge in [0.1, 0.15) is 0 Å². The van der Waals surface area contributed by atoms with Crippen LogP contribution in [-0.2, 0) is 19.8 Å². The third-order valence-electron chi connectivity index (χ3n) is 1.33. The molecule has 2 N–H and O–H groups in total. The Morgan fingerprint density at radius 2 is 2.07 bits per heavy atom. The second kappa shape index (κ2) is 4.79. The maximum absolute atomic E-state index is 10.7. The molecular weight excluding hydrogens is 231 g/mol. The van der Waals surface area contributed by atoms with Gasteiger partial charge in [-0.15, -0.1) is 0 Å². The van der Waals surface area contributed by atoms with Crippen LogP contribution in [0.4, 0.5) is 0 Å². The van der Waals surface area contributed by atoms with E-state index in [1.165, 1.54) is 18.2 Å². The maximum atomic E-state index is 10.7. The molecule has 0 saturated carbocycles. The van der Waals surface area contributed by atoms with Gasteiger partial charge in [0, 0.05) is 5.30 Å². The Hall–Kier alpha value is -0.560. The van der Waals surface area contributed by atoms with Gasteiger partial charge < -0.3 is 0 Å². The van der Waals surface area contributed by atoms with E-state index < -0.39 is 10.1 Å². The fraction of sp³-hybridized carbons (Fsp3) is 0. The lowest BCUT2D eigenvalue weighted by Gasteiger charge is -2.00. The first-order valence-electron chi connectivity index (χ1n) is 3.34. The van der Waals surface area contributed by atoms with Gasteiger partial charge in [0.15, 0.2) is 0 Å². The van der Waals surface area contributed by atoms with Crippen LogP contribution < -0.4 is 5.30 Å². The highest BCUT2D eigenvalue weighted by Crippen LogP contribution is 2.14. The van der Waals surface area contributed by atoms with E-state index in [1.54, 1.807) is 6.07 Å². The van der Waals surface area contributed by atoms with Gasteiger partial charge in [-0.05, 0) is 12.1 Å². The highest BCUT2D eigenvalue weighted by Gasteiger charge is 2.09. The first-order valence-corrected chi connectivity index (χ1v) is 5.69. The summed E-state index contributed by atoms with van der Waals surface area (Å²) < 4.78 is 34.3. The van der Waals surface area contributed by atoms with E-state index in [9.17, 15) is 8.42 Å². The molecule has 0 aliphatic rings. The Morgan fingerprint density at radius 3 is 2.64 bits per heavy atom. The first-order chi connectivity index (χ1) is 6.54. The lowest BCUT2D eigenvalue weighted by Crippen LogP contribution is -2.03. The Kier molecular flexibility index (Phi) is 3.94. The van der Waals surface area contributed by atoms with Gasteiger partial charge in [0.2, 0.25) is 0 Å². The average molecular weight is 238 g/mol. The van der Waals surface area contributed by atoms with Crippen molar-refractivity contribution < 1.29 is 27.9 Å². The van der Waals surface area contributed by atoms with Gasteiger partial charge in [0.05, 0.1) is 13.7 Å². The van der Waals surface area contributed by atoms with Crippen LogP contribution in [0, 0.1) is 0 Å². The zero-order valence-electron chi connectivity index (χ0n) is 6.75. The first kappa shape index (κ1) is 11.5. The summed E-state index contributed by atoms with van der Waals surface area (Å²) in [6.45, 7) is 0. The van der Waals surface area contributed by atoms with E-state index in [4.69, 9.17) is 9.81 Å². The lowest BCUT2D eigenvalue weighted by molar-refractivity contribution is -0.434. The Morgan fingerprint density at radius 1 is 1.36 bits per heavy atom. The molecule has 0 aromatic heterocycles. The van der Waals surface area contributed by atoms with E-state index in [0.717, 1.165) is 0 Å². The smallest absolute Gasteiger partial charge is 0.282 e. The van der Waals surface area contributed by atoms with Crippen LogP contribution >= 0.6 is 8.81 Å². The van der Waals surface area contributed by atoms with Crippen molar-refractivity contribution in [3.8, 4) is 0 Å². The van der Waals surface area contributed by atoms with Crippen molar-refractivity contribution in [1.29, 1.82) is 0 Å². The van der Waals surface area contributed by atoms with Gasteiger partial charge >= 0.3 is 0 Å². The maximum Gasteiger partial charge on any atom is 0.294 e. The molecule has 1 rings (SSSR count). The van der Waals surface area contributed by atoms with E-state index in [2.05, 4.69) is 9.71 Å². The zero-order chi connectivity index (χ0) is 10.6. The molecule has 0 bridgehead atoms. The second-order valence-corrected chi connectivity index (χ2v) is 4.63. The van der Waals surface area contributed by atoms with Crippen LogP contribution in [0.25, 0.3) is 0 Å². The van der Waals surface area contributed by atoms with Crippen molar-refractivity contribution >= 4 is 24.2 Å². The third-order valence-corrected chi connectivity index (χ3v) is 2.88. The fourth-order valence-corrected chi connectivity index (χ4v) is 1.93. The lowest BCUT2D eigenvalue weighted by atomic mass is 10.4. The predicted molar refractivity (Wildman–Crippen MR) is 49.0 cm³/mol. The van der Waals surface area contributed by atoms with E-state index >= 15 is 0 Å². The van der Waals surface area contributed by atoms with Crippen molar-refractivity contribution in [3.05, 3.63) is 24.3 Å². The molecule has 0 heterocycles. The second-order valence-electron chi connectivity index (χ2n) is 2.26. The molecule has 78 valence electrons. The molecule has 8 heteroatoms. The van der Waals surface area contributed by atoms with Gasteiger partial charge in [-0.1, -0.05) is 17.2 Å². The molecule has 1 aromatic carbocycles. The van der Waals surface area contributed by atoms with Crippen molar-refractivity contribution in [2.75, 3.05) is 0 Å². The van der Waals surface area contributed by atoms with Crippen LogP contribution in [0.15, 0.2) is 29.2 Å². The molecule has 0 saturated heterocycles. The summed E-state index contributed by atoms with van der Waals surface area (Å²) in [5, 5.41) is 11.7. The van der Waals surface area contributed by atoms with Gasteiger partial charge in [-0.2, -0.15) is 13.1 Å². The molecule has 0 aliphatic carbocycles. The summed E-state index contributed by atoms with van der Waals surface area (Å²) in [6.07, 6.45) is 0. The summed E-state index contributed by atoms with van der Waals surface area (Å²) in [5.41, 5.74) is 0. The van der Waals surface area contributed by atoms with E-state index in [0.29, 0.717) is 5.30 Å². The molecule has 0 fully saturated rings. The van der Waals surface area contributed by atoms with E-state index in [1.807, 2.05) is 0 Å². The molecular formula is C6H7O6PS. The van der Waals surface area contributed by atoms with Gasteiger partial charge in [0.25, 0.3) is 10.1 Å². The molecule has 0 spiro atoms. The molecule has 0 amide bonds. The minimum atomic E-state index is -4.20. The zero-order valence-corrected chi connectivity index (χ0v) is 8.56. The molecule has 0 radical (unpaired) electrons. The number of hydrogen-bond acceptors (Lipinski definition) is 5. The van der Waals surface area contributed by atoms with Crippen molar-refractivity contribution in [1.82, 2.24) is 0 Å². The normalized spacial score (nSPS) is 12.4. The highest BCUT2D eigenvalue weighted by atomic mass is 32.2. The van der Waals surface area contributed by atoms with Crippen LogP contribution in [0.1, 0.15) is 0 Å². The van der Waals surface area contributed by atoms with Crippen LogP contribution in [0.5, 0.6) is 0 Å². The monoisotopic (exact) mass is 238 g/mol. The third kappa shape index (κ3) is 3.30. The predicted octanol–water partition coefficient (Wildman–Crippen LogP) is 0.573. The molecule has 0 aliphatic heterocycles. The molecule has 1 unspecified atom stereocenters. The SMILES string of the molecule is O=S(=O)(O)c1cccc(POOO)c1. The summed E-state index contributed by atoms with van der Waals surface area (Å²) in [7, 11) is -4.57. The quantitative estimate of drug-likeness (QED) is 0.345. The molecule has 1 atom stereocenters. The average Bonchev–Trinajstić information content (AvgIpc) is 2.14. The Bertz CT molecular complexity index is 403. The van der Waals surface area contributed by atoms with Crippen molar-refractivity contribution in [3.63, 3.8) is 0 Å². The fourth-order valence-electron chi connectivity index (χ4n) is 0.787. The molecule has 1 aromatic rings. The Balaban J connectivity index is 2.90. The molecule has 14 heavy (non-hydrogen) atoms. The topological polar surface area (TPSA) is 93.1 Å². The highest BCUT2D eigenvalue weighted by molar-refractivity contribution is 7.85. The van der Waals surface area contributed by atoms with Gasteiger partial charge in [-0.25, -0.2) is 5.26 Å². The largest absolute Gasteiger partial charge is 0.294 e. The molecule has 6 nitrogen and oxygen atoms in total. The summed E-state index contributed by atoms with van der Waals surface area (Å²) in [5.74, 6) is 0. The van der Waals surface area contributed by atoms with E-state index in [-0.39, 0.29) is 13.7 Å². The van der Waals surface area contributed by atoms with Crippen molar-refractivity contribution in [2.45, 2.75) is 4.90 Å². The number of rotatable bonds is 4. The van der Waals surface area contributed by atoms with Gasteiger partial charge in [-0.3, -0.25) is 4.55 Å². The Labute approximate surface area is 81.9 Å². The van der Waals surface area contributed by atoms with Crippen molar-refractivity contribution in [2.24, 2.45) is 0 Å². The minimum Gasteiger partial charge on any atom is -0.282 e. The summed E-state index contributed by atoms with van der Waals surface area (Å²) >= 11 is 0. The number of benzene rings is 1. The summed E-state index contributed by atoms with van der Waals surface area (Å²) in [4.78, 5) is -0.232.